The van der Waals surface area contributed by atoms with Gasteiger partial charge in [-0.2, -0.15) is 0 Å². The summed E-state index contributed by atoms with van der Waals surface area (Å²) in [4.78, 5) is 9.41. The molecule has 0 aromatic heterocycles. The van der Waals surface area contributed by atoms with Gasteiger partial charge in [-0.15, -0.1) is 0 Å². The summed E-state index contributed by atoms with van der Waals surface area (Å²) in [5.41, 5.74) is 0. The maximum absolute atomic E-state index is 13.4. The van der Waals surface area contributed by atoms with Crippen LogP contribution in [0.25, 0.3) is 0 Å². The van der Waals surface area contributed by atoms with Crippen molar-refractivity contribution in [3.8, 4) is 0 Å². The van der Waals surface area contributed by atoms with Gasteiger partial charge in [0.1, 0.15) is 4.90 Å². The van der Waals surface area contributed by atoms with Crippen LogP contribution in [0.2, 0.25) is 0 Å². The monoisotopic (exact) mass is 327 g/mol. The molecule has 1 atom stereocenters. The van der Waals surface area contributed by atoms with E-state index in [9.17, 15) is 26.4 Å². The normalized spacial score (nSPS) is 13.1. The molecule has 2 N–H and O–H groups in total. The van der Waals surface area contributed by atoms with Gasteiger partial charge in [-0.05, 0) is 12.1 Å². The summed E-state index contributed by atoms with van der Waals surface area (Å²) in [5, 5.41) is 8.56. The minimum absolute atomic E-state index is 0.469. The zero-order chi connectivity index (χ0) is 16.2. The number of hydrogen-bond donors (Lipinski definition) is 2. The van der Waals surface area contributed by atoms with Crippen LogP contribution in [0.4, 0.5) is 13.2 Å². The number of sulfonamides is 1. The Bertz CT molecular complexity index is 635. The minimum atomic E-state index is -4.48. The Balaban J connectivity index is 2.92. The quantitative estimate of drug-likeness (QED) is 0.725. The maximum Gasteiger partial charge on any atom is 0.306 e. The zero-order valence-corrected chi connectivity index (χ0v) is 11.6. The number of ether oxygens (including phenoxy) is 1. The first kappa shape index (κ1) is 17.4. The summed E-state index contributed by atoms with van der Waals surface area (Å²) < 4.78 is 69.3. The van der Waals surface area contributed by atoms with Gasteiger partial charge in [0.15, 0.2) is 17.5 Å². The van der Waals surface area contributed by atoms with Crippen molar-refractivity contribution in [1.82, 2.24) is 4.72 Å². The van der Waals surface area contributed by atoms with Crippen LogP contribution in [-0.2, 0) is 19.6 Å². The van der Waals surface area contributed by atoms with Crippen LogP contribution in [0.3, 0.4) is 0 Å². The van der Waals surface area contributed by atoms with E-state index in [-0.39, 0.29) is 0 Å². The third-order valence-corrected chi connectivity index (χ3v) is 3.97. The standard InChI is InChI=1S/C11H12F3NO5S/c1-20-6(4-9(16)17)5-15-21(18,19)8-3-2-7(12)10(13)11(8)14/h2-3,6,15H,4-5H2,1H3,(H,16,17). The molecule has 0 spiro atoms. The molecule has 1 aromatic carbocycles. The lowest BCUT2D eigenvalue weighted by Crippen LogP contribution is -2.35. The molecule has 1 aromatic rings. The number of aliphatic carboxylic acids is 1. The molecule has 1 unspecified atom stereocenters. The Morgan fingerprint density at radius 3 is 2.48 bits per heavy atom. The molecule has 0 radical (unpaired) electrons. The molecule has 0 saturated heterocycles. The Kier molecular flexibility index (Phi) is 5.70. The van der Waals surface area contributed by atoms with E-state index in [1.54, 1.807) is 0 Å². The van der Waals surface area contributed by atoms with Crippen LogP contribution in [-0.4, -0.2) is 39.3 Å². The number of nitrogens with one attached hydrogen (secondary N) is 1. The summed E-state index contributed by atoms with van der Waals surface area (Å²) in [5.74, 6) is -6.51. The van der Waals surface area contributed by atoms with Crippen LogP contribution in [0.5, 0.6) is 0 Å². The average molecular weight is 327 g/mol. The number of hydrogen-bond acceptors (Lipinski definition) is 4. The highest BCUT2D eigenvalue weighted by atomic mass is 32.2. The van der Waals surface area contributed by atoms with Gasteiger partial charge >= 0.3 is 5.97 Å². The molecule has 6 nitrogen and oxygen atoms in total. The molecule has 21 heavy (non-hydrogen) atoms. The first-order chi connectivity index (χ1) is 9.69. The van der Waals surface area contributed by atoms with E-state index in [0.717, 1.165) is 0 Å². The van der Waals surface area contributed by atoms with Gasteiger partial charge in [-0.1, -0.05) is 0 Å². The summed E-state index contributed by atoms with van der Waals surface area (Å²) >= 11 is 0. The first-order valence-corrected chi connectivity index (χ1v) is 7.05. The highest BCUT2D eigenvalue weighted by Gasteiger charge is 2.25. The Hall–Kier alpha value is -1.65. The second-order valence-corrected chi connectivity index (χ2v) is 5.72. The predicted molar refractivity (Wildman–Crippen MR) is 64.6 cm³/mol. The van der Waals surface area contributed by atoms with Crippen LogP contribution in [0.1, 0.15) is 6.42 Å². The third-order valence-electron chi connectivity index (χ3n) is 2.53. The zero-order valence-electron chi connectivity index (χ0n) is 10.8. The van der Waals surface area contributed by atoms with Crippen molar-refractivity contribution in [3.63, 3.8) is 0 Å². The van der Waals surface area contributed by atoms with E-state index in [1.165, 1.54) is 7.11 Å². The topological polar surface area (TPSA) is 92.7 Å². The van der Waals surface area contributed by atoms with Crippen molar-refractivity contribution in [3.05, 3.63) is 29.6 Å². The van der Waals surface area contributed by atoms with E-state index in [1.807, 2.05) is 4.72 Å². The fourth-order valence-corrected chi connectivity index (χ4v) is 2.56. The third kappa shape index (κ3) is 4.41. The number of rotatable bonds is 7. The molecule has 0 fully saturated rings. The van der Waals surface area contributed by atoms with E-state index >= 15 is 0 Å². The molecule has 0 aliphatic rings. The summed E-state index contributed by atoms with van der Waals surface area (Å²) in [6, 6.07) is 1.03. The van der Waals surface area contributed by atoms with E-state index in [0.29, 0.717) is 12.1 Å². The van der Waals surface area contributed by atoms with Crippen molar-refractivity contribution >= 4 is 16.0 Å². The van der Waals surface area contributed by atoms with Gasteiger partial charge in [0.05, 0.1) is 12.5 Å². The molecule has 118 valence electrons. The van der Waals surface area contributed by atoms with Crippen molar-refractivity contribution < 1.29 is 36.2 Å². The Labute approximate surface area is 118 Å². The van der Waals surface area contributed by atoms with Crippen molar-refractivity contribution in [2.75, 3.05) is 13.7 Å². The van der Waals surface area contributed by atoms with Crippen molar-refractivity contribution in [1.29, 1.82) is 0 Å². The lowest BCUT2D eigenvalue weighted by Gasteiger charge is -2.14. The van der Waals surface area contributed by atoms with E-state index in [4.69, 9.17) is 9.84 Å². The highest BCUT2D eigenvalue weighted by Crippen LogP contribution is 2.19. The minimum Gasteiger partial charge on any atom is -0.481 e. The number of carboxylic acids is 1. The molecule has 0 aliphatic heterocycles. The second kappa shape index (κ2) is 6.87. The van der Waals surface area contributed by atoms with Crippen molar-refractivity contribution in [2.45, 2.75) is 17.4 Å². The fraction of sp³-hybridized carbons (Fsp3) is 0.364. The predicted octanol–water partition coefficient (Wildman–Crippen LogP) is 0.872. The number of carboxylic acid groups (broad SMARTS) is 1. The summed E-state index contributed by atoms with van der Waals surface area (Å²) in [6.45, 7) is -0.469. The fourth-order valence-electron chi connectivity index (χ4n) is 1.43. The van der Waals surface area contributed by atoms with Gasteiger partial charge in [-0.3, -0.25) is 4.79 Å². The first-order valence-electron chi connectivity index (χ1n) is 5.56. The SMILES string of the molecule is COC(CNS(=O)(=O)c1ccc(F)c(F)c1F)CC(=O)O. The average Bonchev–Trinajstić information content (AvgIpc) is 2.40. The number of carbonyl (C=O) groups is 1. The van der Waals surface area contributed by atoms with Gasteiger partial charge in [0.2, 0.25) is 10.0 Å². The van der Waals surface area contributed by atoms with Crippen LogP contribution >= 0.6 is 0 Å². The molecular weight excluding hydrogens is 315 g/mol. The summed E-state index contributed by atoms with van der Waals surface area (Å²) in [6.07, 6.45) is -1.48. The van der Waals surface area contributed by atoms with Gasteiger partial charge in [0.25, 0.3) is 0 Å². The van der Waals surface area contributed by atoms with E-state index < -0.39 is 57.4 Å². The Morgan fingerprint density at radius 1 is 1.33 bits per heavy atom. The smallest absolute Gasteiger partial charge is 0.306 e. The molecule has 0 heterocycles. The second-order valence-electron chi connectivity index (χ2n) is 3.98. The number of methoxy groups -OCH3 is 1. The molecule has 1 rings (SSSR count). The van der Waals surface area contributed by atoms with Gasteiger partial charge in [0, 0.05) is 13.7 Å². The lowest BCUT2D eigenvalue weighted by atomic mass is 10.2. The molecule has 0 saturated carbocycles. The molecule has 0 aliphatic carbocycles. The number of halogens is 3. The molecular formula is C11H12F3NO5S. The van der Waals surface area contributed by atoms with Crippen molar-refractivity contribution in [2.24, 2.45) is 0 Å². The molecule has 0 amide bonds. The van der Waals surface area contributed by atoms with Crippen LogP contribution < -0.4 is 4.72 Å². The molecule has 0 bridgehead atoms. The lowest BCUT2D eigenvalue weighted by molar-refractivity contribution is -0.139. The van der Waals surface area contributed by atoms with E-state index in [2.05, 4.69) is 0 Å². The highest BCUT2D eigenvalue weighted by molar-refractivity contribution is 7.89. The largest absolute Gasteiger partial charge is 0.481 e. The maximum atomic E-state index is 13.4. The Morgan fingerprint density at radius 2 is 1.95 bits per heavy atom. The van der Waals surface area contributed by atoms with Gasteiger partial charge < -0.3 is 9.84 Å². The van der Waals surface area contributed by atoms with Crippen LogP contribution in [0.15, 0.2) is 17.0 Å². The summed E-state index contributed by atoms with van der Waals surface area (Å²) in [7, 11) is -3.31. The van der Waals surface area contributed by atoms with Gasteiger partial charge in [-0.25, -0.2) is 26.3 Å². The molecule has 10 heteroatoms. The van der Waals surface area contributed by atoms with Crippen LogP contribution in [0, 0.1) is 17.5 Å². The number of benzene rings is 1.